The number of hydrogen-bond donors (Lipinski definition) is 1. The molecule has 5 aliphatic heterocycles. The first kappa shape index (κ1) is 49.7. The van der Waals surface area contributed by atoms with Crippen LogP contribution in [0.3, 0.4) is 0 Å². The number of benzene rings is 1. The van der Waals surface area contributed by atoms with Crippen molar-refractivity contribution in [2.75, 3.05) is 99.1 Å². The van der Waals surface area contributed by atoms with E-state index in [-0.39, 0.29) is 75.2 Å². The van der Waals surface area contributed by atoms with E-state index in [1.54, 1.807) is 12.1 Å². The first-order valence-corrected chi connectivity index (χ1v) is 21.6. The van der Waals surface area contributed by atoms with Crippen LogP contribution in [-0.4, -0.2) is 188 Å². The Bertz CT molecular complexity index is 1450. The minimum Gasteiger partial charge on any atom is -0.371 e. The number of rotatable bonds is 22. The van der Waals surface area contributed by atoms with Crippen LogP contribution in [0.5, 0.6) is 0 Å². The van der Waals surface area contributed by atoms with Gasteiger partial charge in [0.05, 0.1) is 110 Å². The maximum absolute atomic E-state index is 13.5. The molecule has 5 aliphatic rings. The third-order valence-corrected chi connectivity index (χ3v) is 10.5. The molecule has 4 fully saturated rings. The van der Waals surface area contributed by atoms with Crippen molar-refractivity contribution in [2.24, 2.45) is 0 Å². The lowest BCUT2D eigenvalue weighted by Crippen LogP contribution is -2.48. The molecule has 0 bridgehead atoms. The molecule has 1 aromatic carbocycles. The van der Waals surface area contributed by atoms with Crippen LogP contribution in [-0.2, 0) is 75.9 Å². The molecule has 356 valence electrons. The minimum atomic E-state index is -0.804. The van der Waals surface area contributed by atoms with Gasteiger partial charge in [-0.1, -0.05) is 12.1 Å². The van der Waals surface area contributed by atoms with E-state index in [1.165, 1.54) is 12.1 Å². The topological polar surface area (TPSA) is 205 Å². The molecule has 6 rings (SSSR count). The van der Waals surface area contributed by atoms with Gasteiger partial charge in [0.2, 0.25) is 5.91 Å². The maximum Gasteiger partial charge on any atom is 0.285 e. The number of hydrogen-bond acceptors (Lipinski definition) is 18. The molecule has 1 N–H and O–H groups in total. The molecule has 0 unspecified atom stereocenters. The molecular formula is C43H66N2O18. The van der Waals surface area contributed by atoms with Gasteiger partial charge < -0.3 is 71.6 Å². The van der Waals surface area contributed by atoms with E-state index < -0.39 is 65.7 Å². The average molecular weight is 899 g/mol. The van der Waals surface area contributed by atoms with Crippen molar-refractivity contribution in [3.8, 4) is 0 Å². The van der Waals surface area contributed by atoms with Crippen LogP contribution in [0.25, 0.3) is 0 Å². The molecule has 20 nitrogen and oxygen atoms in total. The lowest BCUT2D eigenvalue weighted by atomic mass is 10.1. The maximum atomic E-state index is 13.5. The zero-order valence-electron chi connectivity index (χ0n) is 37.8. The molecule has 0 spiro atoms. The lowest BCUT2D eigenvalue weighted by Gasteiger charge is -2.36. The number of fused-ring (bicyclic) bond motifs is 1. The summed E-state index contributed by atoms with van der Waals surface area (Å²) < 4.78 is 83.8. The van der Waals surface area contributed by atoms with Crippen LogP contribution in [0.2, 0.25) is 0 Å². The summed E-state index contributed by atoms with van der Waals surface area (Å²) in [6.45, 7) is 16.8. The van der Waals surface area contributed by atoms with E-state index in [0.29, 0.717) is 57.9 Å². The summed E-state index contributed by atoms with van der Waals surface area (Å²) in [5, 5.41) is 3.46. The van der Waals surface area contributed by atoms with Gasteiger partial charge in [0.25, 0.3) is 11.8 Å². The molecule has 0 aromatic heterocycles. The molecule has 1 aromatic rings. The predicted octanol–water partition coefficient (Wildman–Crippen LogP) is 2.14. The standard InChI is InChI=1S/C43H66N2O18/c1-40(2)55-19-31(20-56-40)51-15-29(16-52-32-21-57-41(3,4)58-22-32)49-13-28(44-37(46)27-63-45-38(47)35-11-9-10-12-36(35)39(45)48)14-50-30(17-53-33-23-59-42(5,6)60-24-33)18-54-34-25-61-43(7,8)62-26-34/h9-12,28-34H,13-27H2,1-8H3,(H,44,46). The van der Waals surface area contributed by atoms with E-state index in [4.69, 9.17) is 71.2 Å². The van der Waals surface area contributed by atoms with Crippen molar-refractivity contribution < 1.29 is 85.5 Å². The summed E-state index contributed by atoms with van der Waals surface area (Å²) in [4.78, 5) is 44.8. The van der Waals surface area contributed by atoms with Crippen LogP contribution in [0, 0.1) is 0 Å². The highest BCUT2D eigenvalue weighted by Gasteiger charge is 2.38. The highest BCUT2D eigenvalue weighted by Crippen LogP contribution is 2.24. The van der Waals surface area contributed by atoms with Gasteiger partial charge in [-0.15, -0.1) is 5.06 Å². The summed E-state index contributed by atoms with van der Waals surface area (Å²) in [6, 6.07) is 5.52. The van der Waals surface area contributed by atoms with Crippen LogP contribution in [0.15, 0.2) is 24.3 Å². The highest BCUT2D eigenvalue weighted by molar-refractivity contribution is 6.20. The number of amides is 3. The van der Waals surface area contributed by atoms with Gasteiger partial charge in [-0.25, -0.2) is 0 Å². The van der Waals surface area contributed by atoms with E-state index in [0.717, 1.165) is 0 Å². The fraction of sp³-hybridized carbons (Fsp3) is 0.791. The summed E-state index contributed by atoms with van der Waals surface area (Å²) in [6.07, 6.45) is -2.72. The first-order valence-electron chi connectivity index (χ1n) is 21.6. The third-order valence-electron chi connectivity index (χ3n) is 10.5. The fourth-order valence-electron chi connectivity index (χ4n) is 6.67. The molecule has 0 radical (unpaired) electrons. The first-order chi connectivity index (χ1) is 29.8. The monoisotopic (exact) mass is 898 g/mol. The van der Waals surface area contributed by atoms with E-state index in [9.17, 15) is 14.4 Å². The summed E-state index contributed by atoms with van der Waals surface area (Å²) >= 11 is 0. The number of nitrogens with zero attached hydrogens (tertiary/aromatic N) is 1. The molecule has 5 heterocycles. The number of imide groups is 1. The van der Waals surface area contributed by atoms with Crippen LogP contribution in [0.1, 0.15) is 76.1 Å². The van der Waals surface area contributed by atoms with Crippen molar-refractivity contribution in [1.82, 2.24) is 10.4 Å². The zero-order valence-corrected chi connectivity index (χ0v) is 37.8. The number of nitrogens with one attached hydrogen (secondary N) is 1. The predicted molar refractivity (Wildman–Crippen MR) is 217 cm³/mol. The highest BCUT2D eigenvalue weighted by atomic mass is 16.7. The van der Waals surface area contributed by atoms with Crippen LogP contribution >= 0.6 is 0 Å². The van der Waals surface area contributed by atoms with E-state index in [2.05, 4.69) is 5.32 Å². The second kappa shape index (κ2) is 22.1. The van der Waals surface area contributed by atoms with Crippen molar-refractivity contribution in [1.29, 1.82) is 0 Å². The normalized spacial score (nSPS) is 23.3. The summed E-state index contributed by atoms with van der Waals surface area (Å²) in [7, 11) is 0. The summed E-state index contributed by atoms with van der Waals surface area (Å²) in [5.74, 6) is -4.87. The molecule has 63 heavy (non-hydrogen) atoms. The summed E-state index contributed by atoms with van der Waals surface area (Å²) in [5.41, 5.74) is 0.368. The average Bonchev–Trinajstić information content (AvgIpc) is 3.48. The fourth-order valence-corrected chi connectivity index (χ4v) is 6.67. The molecule has 0 atom stereocenters. The zero-order chi connectivity index (χ0) is 45.3. The van der Waals surface area contributed by atoms with Crippen molar-refractivity contribution >= 4 is 17.7 Å². The van der Waals surface area contributed by atoms with Crippen molar-refractivity contribution in [3.05, 3.63) is 35.4 Å². The third kappa shape index (κ3) is 15.7. The van der Waals surface area contributed by atoms with Gasteiger partial charge in [-0.3, -0.25) is 19.2 Å². The molecule has 0 saturated carbocycles. The minimum absolute atomic E-state index is 0.0846. The Morgan fingerprint density at radius 2 is 0.857 bits per heavy atom. The molecule has 3 amide bonds. The van der Waals surface area contributed by atoms with Crippen molar-refractivity contribution in [3.63, 3.8) is 0 Å². The quantitative estimate of drug-likeness (QED) is 0.166. The number of carbonyl (C=O) groups is 3. The van der Waals surface area contributed by atoms with Gasteiger partial charge in [0, 0.05) is 0 Å². The molecular weight excluding hydrogens is 832 g/mol. The Labute approximate surface area is 368 Å². The van der Waals surface area contributed by atoms with Gasteiger partial charge in [-0.2, -0.15) is 0 Å². The second-order valence-corrected chi connectivity index (χ2v) is 17.8. The molecule has 20 heteroatoms. The number of carbonyl (C=O) groups excluding carboxylic acids is 3. The van der Waals surface area contributed by atoms with Gasteiger partial charge >= 0.3 is 0 Å². The van der Waals surface area contributed by atoms with E-state index >= 15 is 0 Å². The largest absolute Gasteiger partial charge is 0.371 e. The Morgan fingerprint density at radius 3 is 1.16 bits per heavy atom. The second-order valence-electron chi connectivity index (χ2n) is 17.8. The SMILES string of the molecule is CC1(C)OCC(OCC(COC2COC(C)(C)OC2)OCC(COC(COC2COC(C)(C)OC2)COC2COC(C)(C)OC2)NC(=O)CON2C(=O)c3ccccc3C2=O)CO1. The van der Waals surface area contributed by atoms with Gasteiger partial charge in [0.15, 0.2) is 29.8 Å². The van der Waals surface area contributed by atoms with E-state index in [1.807, 2.05) is 55.4 Å². The van der Waals surface area contributed by atoms with Gasteiger partial charge in [-0.05, 0) is 67.5 Å². The Morgan fingerprint density at radius 1 is 0.556 bits per heavy atom. The molecule has 0 aliphatic carbocycles. The number of ether oxygens (including phenoxy) is 14. The Balaban J connectivity index is 1.11. The van der Waals surface area contributed by atoms with Gasteiger partial charge in [0.1, 0.15) is 36.6 Å². The van der Waals surface area contributed by atoms with Crippen molar-refractivity contribution in [2.45, 2.75) is 121 Å². The van der Waals surface area contributed by atoms with Crippen LogP contribution in [0.4, 0.5) is 0 Å². The number of hydroxylamine groups is 2. The smallest absolute Gasteiger partial charge is 0.285 e. The van der Waals surface area contributed by atoms with Crippen LogP contribution < -0.4 is 5.32 Å². The Kier molecular flexibility index (Phi) is 17.5. The molecule has 4 saturated heterocycles. The Hall–Kier alpha value is -2.77. The lowest BCUT2D eigenvalue weighted by molar-refractivity contribution is -0.287.